The highest BCUT2D eigenvalue weighted by molar-refractivity contribution is 5.98. The van der Waals surface area contributed by atoms with Gasteiger partial charge in [-0.3, -0.25) is 0 Å². The second kappa shape index (κ2) is 8.83. The Hall–Kier alpha value is -2.67. The molecule has 0 amide bonds. The van der Waals surface area contributed by atoms with Gasteiger partial charge >= 0.3 is 0 Å². The summed E-state index contributed by atoms with van der Waals surface area (Å²) >= 11 is 0. The molecule has 0 radical (unpaired) electrons. The predicted molar refractivity (Wildman–Crippen MR) is 126 cm³/mol. The first-order valence-electron chi connectivity index (χ1n) is 11.8. The molecule has 31 heavy (non-hydrogen) atoms. The molecule has 1 saturated carbocycles. The molecule has 2 aliphatic rings. The number of hydrogen-bond acceptors (Lipinski definition) is 6. The van der Waals surface area contributed by atoms with Crippen molar-refractivity contribution in [2.75, 3.05) is 23.3 Å². The number of aromatic amines is 1. The van der Waals surface area contributed by atoms with Crippen LogP contribution in [0.2, 0.25) is 0 Å². The Kier molecular flexibility index (Phi) is 5.76. The van der Waals surface area contributed by atoms with E-state index in [1.54, 1.807) is 0 Å². The molecule has 164 valence electrons. The second-order valence-electron chi connectivity index (χ2n) is 9.05. The molecule has 5 rings (SSSR count). The number of fused-ring (bicyclic) bond motifs is 1. The topological polar surface area (TPSA) is 95.8 Å². The number of nitrogens with zero attached hydrogens (tertiary/aromatic N) is 4. The summed E-state index contributed by atoms with van der Waals surface area (Å²) in [5.41, 5.74) is 11.4. The molecule has 7 nitrogen and oxygen atoms in total. The minimum atomic E-state index is 0.336. The molecule has 7 heteroatoms. The van der Waals surface area contributed by atoms with Crippen molar-refractivity contribution in [3.05, 3.63) is 30.2 Å². The molecule has 3 aromatic heterocycles. The maximum absolute atomic E-state index is 6.15. The molecule has 1 aliphatic carbocycles. The Balaban J connectivity index is 1.55. The van der Waals surface area contributed by atoms with Gasteiger partial charge in [0.2, 0.25) is 5.95 Å². The smallest absolute Gasteiger partial charge is 0.225 e. The van der Waals surface area contributed by atoms with E-state index in [1.807, 2.05) is 18.5 Å². The average molecular weight is 420 g/mol. The van der Waals surface area contributed by atoms with Gasteiger partial charge in [-0.1, -0.05) is 13.3 Å². The van der Waals surface area contributed by atoms with Crippen LogP contribution < -0.4 is 16.0 Å². The highest BCUT2D eigenvalue weighted by atomic mass is 15.3. The quantitative estimate of drug-likeness (QED) is 0.553. The lowest BCUT2D eigenvalue weighted by Gasteiger charge is -2.28. The van der Waals surface area contributed by atoms with Crippen molar-refractivity contribution in [2.45, 2.75) is 70.4 Å². The van der Waals surface area contributed by atoms with Gasteiger partial charge in [-0.2, -0.15) is 0 Å². The molecule has 1 aliphatic heterocycles. The van der Waals surface area contributed by atoms with E-state index in [-0.39, 0.29) is 0 Å². The summed E-state index contributed by atoms with van der Waals surface area (Å²) in [4.78, 5) is 20.0. The number of hydrogen-bond donors (Lipinski definition) is 3. The van der Waals surface area contributed by atoms with Crippen molar-refractivity contribution in [2.24, 2.45) is 5.73 Å². The van der Waals surface area contributed by atoms with Crippen molar-refractivity contribution in [1.29, 1.82) is 0 Å². The van der Waals surface area contributed by atoms with Gasteiger partial charge in [0, 0.05) is 54.2 Å². The highest BCUT2D eigenvalue weighted by Gasteiger charge is 2.23. The largest absolute Gasteiger partial charge is 0.381 e. The number of nitrogens with one attached hydrogen (secondary N) is 2. The van der Waals surface area contributed by atoms with E-state index in [2.05, 4.69) is 33.2 Å². The molecular formula is C24H33N7. The van der Waals surface area contributed by atoms with Gasteiger partial charge in [0.05, 0.1) is 11.4 Å². The lowest BCUT2D eigenvalue weighted by Crippen LogP contribution is -2.33. The summed E-state index contributed by atoms with van der Waals surface area (Å²) in [5.74, 6) is 0.824. The standard InChI is InChI=1S/C24H33N7/c1-2-5-18-14-19-22(28-17-8-6-16(25)7-9-17)20(15-27-23(19)29-18)21-10-11-26-24(30-21)31-12-3-4-13-31/h10-11,14-17H,2-9,12-13,25H2,1H3,(H2,27,28,29). The van der Waals surface area contributed by atoms with E-state index in [1.165, 1.54) is 18.5 Å². The third-order valence-electron chi connectivity index (χ3n) is 6.66. The van der Waals surface area contributed by atoms with Crippen LogP contribution in [0.15, 0.2) is 24.5 Å². The van der Waals surface area contributed by atoms with Gasteiger partial charge in [-0.15, -0.1) is 0 Å². The monoisotopic (exact) mass is 419 g/mol. The molecule has 0 unspecified atom stereocenters. The number of aromatic nitrogens is 4. The zero-order valence-corrected chi connectivity index (χ0v) is 18.4. The Morgan fingerprint density at radius 2 is 1.97 bits per heavy atom. The SMILES string of the molecule is CCCc1cc2c(NC3CCC(N)CC3)c(-c3ccnc(N4CCCC4)n3)cnc2[nH]1. The van der Waals surface area contributed by atoms with E-state index in [0.29, 0.717) is 12.1 Å². The zero-order chi connectivity index (χ0) is 21.2. The third-order valence-corrected chi connectivity index (χ3v) is 6.66. The normalized spacial score (nSPS) is 21.7. The van der Waals surface area contributed by atoms with Crippen LogP contribution in [0.4, 0.5) is 11.6 Å². The van der Waals surface area contributed by atoms with Crippen LogP contribution in [0.25, 0.3) is 22.3 Å². The van der Waals surface area contributed by atoms with E-state index >= 15 is 0 Å². The Labute approximate surface area is 183 Å². The van der Waals surface area contributed by atoms with E-state index in [9.17, 15) is 0 Å². The number of nitrogens with two attached hydrogens (primary N) is 1. The average Bonchev–Trinajstić information content (AvgIpc) is 3.46. The van der Waals surface area contributed by atoms with Gasteiger partial charge in [0.1, 0.15) is 5.65 Å². The summed E-state index contributed by atoms with van der Waals surface area (Å²) in [6.07, 6.45) is 12.7. The van der Waals surface area contributed by atoms with Crippen LogP contribution in [0.5, 0.6) is 0 Å². The summed E-state index contributed by atoms with van der Waals surface area (Å²) in [7, 11) is 0. The Morgan fingerprint density at radius 3 is 2.74 bits per heavy atom. The van der Waals surface area contributed by atoms with Crippen molar-refractivity contribution in [3.63, 3.8) is 0 Å². The van der Waals surface area contributed by atoms with Gasteiger partial charge in [0.15, 0.2) is 0 Å². The van der Waals surface area contributed by atoms with Gasteiger partial charge in [-0.05, 0) is 57.1 Å². The molecular weight excluding hydrogens is 386 g/mol. The molecule has 4 heterocycles. The summed E-state index contributed by atoms with van der Waals surface area (Å²) in [5, 5.41) is 5.02. The van der Waals surface area contributed by atoms with Gasteiger partial charge in [-0.25, -0.2) is 15.0 Å². The van der Waals surface area contributed by atoms with Crippen LogP contribution in [0.1, 0.15) is 57.6 Å². The fraction of sp³-hybridized carbons (Fsp3) is 0.542. The Bertz CT molecular complexity index is 1030. The number of aryl methyl sites for hydroxylation is 1. The fourth-order valence-corrected chi connectivity index (χ4v) is 4.92. The molecule has 0 bridgehead atoms. The van der Waals surface area contributed by atoms with Crippen molar-refractivity contribution >= 4 is 22.7 Å². The van der Waals surface area contributed by atoms with Crippen LogP contribution in [0.3, 0.4) is 0 Å². The molecule has 1 saturated heterocycles. The number of anilines is 2. The molecule has 4 N–H and O–H groups in total. The van der Waals surface area contributed by atoms with Crippen molar-refractivity contribution < 1.29 is 0 Å². The second-order valence-corrected chi connectivity index (χ2v) is 9.05. The summed E-state index contributed by atoms with van der Waals surface area (Å²) in [6, 6.07) is 5.02. The third kappa shape index (κ3) is 4.24. The van der Waals surface area contributed by atoms with Crippen LogP contribution >= 0.6 is 0 Å². The maximum atomic E-state index is 6.15. The van der Waals surface area contributed by atoms with E-state index in [4.69, 9.17) is 15.7 Å². The number of H-pyrrole nitrogens is 1. The van der Waals surface area contributed by atoms with Gasteiger partial charge in [0.25, 0.3) is 0 Å². The van der Waals surface area contributed by atoms with E-state index in [0.717, 1.165) is 85.5 Å². The van der Waals surface area contributed by atoms with Crippen LogP contribution in [-0.2, 0) is 6.42 Å². The van der Waals surface area contributed by atoms with Crippen LogP contribution in [0, 0.1) is 0 Å². The highest BCUT2D eigenvalue weighted by Crippen LogP contribution is 2.36. The maximum Gasteiger partial charge on any atom is 0.225 e. The fourth-order valence-electron chi connectivity index (χ4n) is 4.92. The lowest BCUT2D eigenvalue weighted by molar-refractivity contribution is 0.411. The number of rotatable bonds is 6. The first kappa shape index (κ1) is 20.2. The molecule has 0 atom stereocenters. The minimum Gasteiger partial charge on any atom is -0.381 e. The first-order valence-corrected chi connectivity index (χ1v) is 11.8. The zero-order valence-electron chi connectivity index (χ0n) is 18.4. The molecule has 2 fully saturated rings. The lowest BCUT2D eigenvalue weighted by atomic mass is 9.91. The first-order chi connectivity index (χ1) is 15.2. The van der Waals surface area contributed by atoms with Gasteiger partial charge < -0.3 is 20.9 Å². The Morgan fingerprint density at radius 1 is 1.16 bits per heavy atom. The van der Waals surface area contributed by atoms with Crippen LogP contribution in [-0.4, -0.2) is 45.1 Å². The minimum absolute atomic E-state index is 0.336. The molecule has 0 spiro atoms. The summed E-state index contributed by atoms with van der Waals surface area (Å²) < 4.78 is 0. The summed E-state index contributed by atoms with van der Waals surface area (Å²) in [6.45, 7) is 4.27. The number of pyridine rings is 1. The molecule has 3 aromatic rings. The predicted octanol–water partition coefficient (Wildman–Crippen LogP) is 4.25. The van der Waals surface area contributed by atoms with Crippen molar-refractivity contribution in [3.8, 4) is 11.3 Å². The molecule has 0 aromatic carbocycles. The van der Waals surface area contributed by atoms with E-state index < -0.39 is 0 Å². The van der Waals surface area contributed by atoms with Crippen molar-refractivity contribution in [1.82, 2.24) is 19.9 Å².